The molecule has 4 rings (SSSR count). The summed E-state index contributed by atoms with van der Waals surface area (Å²) in [6.45, 7) is 5.99. The molecule has 1 aromatic heterocycles. The standard InChI is InChI=1S/C21H18FN3O2/c1-3-10-25-20(13-5-7-14(22)8-6-13)17-18(23-24-19(17)21(25)27)15-11-12(2)4-9-16(15)26/h3-9,11,20,26H,1,10H2,2H3,(H,23,24)/t20-/m0/s1. The molecule has 0 spiro atoms. The van der Waals surface area contributed by atoms with Gasteiger partial charge in [0.25, 0.3) is 5.91 Å². The number of aryl methyl sites for hydroxylation is 1. The average Bonchev–Trinajstić information content (AvgIpc) is 3.19. The Morgan fingerprint density at radius 3 is 2.74 bits per heavy atom. The minimum absolute atomic E-state index is 0.0855. The Bertz CT molecular complexity index is 1040. The van der Waals surface area contributed by atoms with Gasteiger partial charge in [-0.1, -0.05) is 29.8 Å². The zero-order valence-corrected chi connectivity index (χ0v) is 14.7. The third-order valence-electron chi connectivity index (χ3n) is 4.78. The van der Waals surface area contributed by atoms with Gasteiger partial charge in [0.05, 0.1) is 6.04 Å². The van der Waals surface area contributed by atoms with Gasteiger partial charge in [-0.25, -0.2) is 4.39 Å². The molecule has 0 saturated heterocycles. The number of hydrogen-bond acceptors (Lipinski definition) is 3. The van der Waals surface area contributed by atoms with Gasteiger partial charge >= 0.3 is 0 Å². The predicted octanol–water partition coefficient (Wildman–Crippen LogP) is 3.96. The highest BCUT2D eigenvalue weighted by Crippen LogP contribution is 2.44. The second-order valence-electron chi connectivity index (χ2n) is 6.58. The maximum Gasteiger partial charge on any atom is 0.273 e. The number of aromatic amines is 1. The van der Waals surface area contributed by atoms with Gasteiger partial charge in [0.1, 0.15) is 23.0 Å². The van der Waals surface area contributed by atoms with Crippen molar-refractivity contribution in [3.05, 3.63) is 83.3 Å². The van der Waals surface area contributed by atoms with E-state index in [0.717, 1.165) is 11.1 Å². The number of benzene rings is 2. The normalized spacial score (nSPS) is 15.9. The molecule has 0 fully saturated rings. The number of fused-ring (bicyclic) bond motifs is 1. The summed E-state index contributed by atoms with van der Waals surface area (Å²) in [6, 6.07) is 10.8. The molecule has 3 aromatic rings. The van der Waals surface area contributed by atoms with Crippen LogP contribution in [0.3, 0.4) is 0 Å². The third-order valence-corrected chi connectivity index (χ3v) is 4.78. The predicted molar refractivity (Wildman–Crippen MR) is 99.9 cm³/mol. The van der Waals surface area contributed by atoms with E-state index in [-0.39, 0.29) is 17.5 Å². The molecule has 27 heavy (non-hydrogen) atoms. The number of aromatic hydroxyl groups is 1. The molecule has 0 bridgehead atoms. The number of carbonyl (C=O) groups is 1. The molecule has 1 amide bonds. The van der Waals surface area contributed by atoms with Crippen LogP contribution >= 0.6 is 0 Å². The zero-order chi connectivity index (χ0) is 19.1. The largest absolute Gasteiger partial charge is 0.507 e. The van der Waals surface area contributed by atoms with Crippen LogP contribution in [-0.2, 0) is 0 Å². The van der Waals surface area contributed by atoms with Crippen LogP contribution in [0.15, 0.2) is 55.1 Å². The molecule has 1 atom stereocenters. The van der Waals surface area contributed by atoms with Gasteiger partial charge in [-0.3, -0.25) is 9.89 Å². The molecule has 1 aliphatic heterocycles. The Kier molecular flexibility index (Phi) is 4.03. The van der Waals surface area contributed by atoms with Crippen LogP contribution in [0.5, 0.6) is 5.75 Å². The number of H-pyrrole nitrogens is 1. The summed E-state index contributed by atoms with van der Waals surface area (Å²) in [5, 5.41) is 17.5. The molecule has 2 heterocycles. The summed E-state index contributed by atoms with van der Waals surface area (Å²) >= 11 is 0. The van der Waals surface area contributed by atoms with Crippen LogP contribution in [0.4, 0.5) is 4.39 Å². The summed E-state index contributed by atoms with van der Waals surface area (Å²) in [6.07, 6.45) is 1.65. The lowest BCUT2D eigenvalue weighted by Gasteiger charge is -2.25. The number of amides is 1. The fourth-order valence-electron chi connectivity index (χ4n) is 3.56. The molecule has 1 aliphatic rings. The van der Waals surface area contributed by atoms with Gasteiger partial charge in [0.15, 0.2) is 0 Å². The minimum Gasteiger partial charge on any atom is -0.507 e. The quantitative estimate of drug-likeness (QED) is 0.690. The van der Waals surface area contributed by atoms with E-state index in [9.17, 15) is 14.3 Å². The molecule has 6 heteroatoms. The van der Waals surface area contributed by atoms with Crippen molar-refractivity contribution in [3.8, 4) is 17.0 Å². The van der Waals surface area contributed by atoms with E-state index in [1.54, 1.807) is 35.2 Å². The first-order valence-corrected chi connectivity index (χ1v) is 8.57. The second-order valence-corrected chi connectivity index (χ2v) is 6.58. The Balaban J connectivity index is 1.93. The first kappa shape index (κ1) is 17.0. The lowest BCUT2D eigenvalue weighted by atomic mass is 9.95. The molecule has 2 N–H and O–H groups in total. The summed E-state index contributed by atoms with van der Waals surface area (Å²) in [4.78, 5) is 14.6. The first-order valence-electron chi connectivity index (χ1n) is 8.57. The third kappa shape index (κ3) is 2.70. The van der Waals surface area contributed by atoms with Crippen molar-refractivity contribution in [1.29, 1.82) is 0 Å². The van der Waals surface area contributed by atoms with E-state index < -0.39 is 6.04 Å². The van der Waals surface area contributed by atoms with E-state index in [4.69, 9.17) is 0 Å². The van der Waals surface area contributed by atoms with Gasteiger partial charge in [-0.2, -0.15) is 5.10 Å². The first-order chi connectivity index (χ1) is 13.0. The minimum atomic E-state index is -0.445. The van der Waals surface area contributed by atoms with Crippen molar-refractivity contribution in [2.45, 2.75) is 13.0 Å². The fraction of sp³-hybridized carbons (Fsp3) is 0.143. The average molecular weight is 363 g/mol. The Hall–Kier alpha value is -3.41. The second kappa shape index (κ2) is 6.39. The SMILES string of the molecule is C=CCN1C(=O)c2[nH]nc(-c3cc(C)ccc3O)c2[C@@H]1c1ccc(F)cc1. The van der Waals surface area contributed by atoms with Gasteiger partial charge in [-0.05, 0) is 36.8 Å². The molecule has 2 aromatic carbocycles. The lowest BCUT2D eigenvalue weighted by molar-refractivity contribution is 0.0764. The van der Waals surface area contributed by atoms with E-state index in [0.29, 0.717) is 29.1 Å². The summed E-state index contributed by atoms with van der Waals surface area (Å²) in [7, 11) is 0. The number of halogens is 1. The van der Waals surface area contributed by atoms with E-state index in [1.165, 1.54) is 12.1 Å². The zero-order valence-electron chi connectivity index (χ0n) is 14.7. The smallest absolute Gasteiger partial charge is 0.273 e. The molecule has 5 nitrogen and oxygen atoms in total. The summed E-state index contributed by atoms with van der Waals surface area (Å²) < 4.78 is 13.4. The number of aromatic nitrogens is 2. The maximum absolute atomic E-state index is 13.4. The lowest BCUT2D eigenvalue weighted by Crippen LogP contribution is -2.29. The topological polar surface area (TPSA) is 69.2 Å². The highest BCUT2D eigenvalue weighted by molar-refractivity contribution is 6.00. The number of nitrogens with one attached hydrogen (secondary N) is 1. The number of phenols is 1. The number of hydrogen-bond donors (Lipinski definition) is 2. The van der Waals surface area contributed by atoms with Crippen LogP contribution in [0.25, 0.3) is 11.3 Å². The molecule has 0 unspecified atom stereocenters. The van der Waals surface area contributed by atoms with Crippen LogP contribution in [-0.4, -0.2) is 32.7 Å². The Morgan fingerprint density at radius 1 is 1.30 bits per heavy atom. The van der Waals surface area contributed by atoms with Gasteiger partial charge in [0, 0.05) is 17.7 Å². The monoisotopic (exact) mass is 363 g/mol. The number of carbonyl (C=O) groups excluding carboxylic acids is 1. The van der Waals surface area contributed by atoms with Crippen molar-refractivity contribution in [3.63, 3.8) is 0 Å². The molecule has 0 saturated carbocycles. The summed E-state index contributed by atoms with van der Waals surface area (Å²) in [5.74, 6) is -0.463. The summed E-state index contributed by atoms with van der Waals surface area (Å²) in [5.41, 5.74) is 3.84. The maximum atomic E-state index is 13.4. The Labute approximate surface area is 155 Å². The van der Waals surface area contributed by atoms with Crippen molar-refractivity contribution in [2.24, 2.45) is 0 Å². The number of nitrogens with zero attached hydrogens (tertiary/aromatic N) is 2. The highest BCUT2D eigenvalue weighted by Gasteiger charge is 2.41. The molecule has 136 valence electrons. The molecular weight excluding hydrogens is 345 g/mol. The van der Waals surface area contributed by atoms with Crippen LogP contribution in [0, 0.1) is 12.7 Å². The number of rotatable bonds is 4. The van der Waals surface area contributed by atoms with Crippen molar-refractivity contribution in [1.82, 2.24) is 15.1 Å². The van der Waals surface area contributed by atoms with Gasteiger partial charge in [0.2, 0.25) is 0 Å². The van der Waals surface area contributed by atoms with Crippen molar-refractivity contribution < 1.29 is 14.3 Å². The number of phenolic OH excluding ortho intramolecular Hbond substituents is 1. The molecule has 0 aliphatic carbocycles. The van der Waals surface area contributed by atoms with Crippen molar-refractivity contribution >= 4 is 5.91 Å². The molecular formula is C21H18FN3O2. The van der Waals surface area contributed by atoms with Crippen LogP contribution in [0.1, 0.15) is 33.2 Å². The molecule has 0 radical (unpaired) electrons. The Morgan fingerprint density at radius 2 is 2.04 bits per heavy atom. The van der Waals surface area contributed by atoms with Gasteiger partial charge < -0.3 is 10.0 Å². The van der Waals surface area contributed by atoms with E-state index in [1.807, 2.05) is 13.0 Å². The van der Waals surface area contributed by atoms with Crippen LogP contribution < -0.4 is 0 Å². The van der Waals surface area contributed by atoms with Crippen molar-refractivity contribution in [2.75, 3.05) is 6.54 Å². The van der Waals surface area contributed by atoms with Crippen LogP contribution in [0.2, 0.25) is 0 Å². The van der Waals surface area contributed by atoms with E-state index in [2.05, 4.69) is 16.8 Å². The fourth-order valence-corrected chi connectivity index (χ4v) is 3.56. The van der Waals surface area contributed by atoms with E-state index >= 15 is 0 Å². The highest BCUT2D eigenvalue weighted by atomic mass is 19.1. The van der Waals surface area contributed by atoms with Gasteiger partial charge in [-0.15, -0.1) is 6.58 Å².